The zero-order chi connectivity index (χ0) is 13.8. The van der Waals surface area contributed by atoms with Crippen LogP contribution in [0.3, 0.4) is 0 Å². The van der Waals surface area contributed by atoms with Crippen LogP contribution < -0.4 is 11.9 Å². The van der Waals surface area contributed by atoms with E-state index in [0.717, 1.165) is 0 Å². The quantitative estimate of drug-likeness (QED) is 0.721. The lowest BCUT2D eigenvalue weighted by molar-refractivity contribution is -0.163. The minimum absolute atomic E-state index is 0. The topological polar surface area (TPSA) is 108 Å². The van der Waals surface area contributed by atoms with Crippen molar-refractivity contribution in [3.8, 4) is 0 Å². The highest BCUT2D eigenvalue weighted by molar-refractivity contribution is 5.82. The zero-order valence-electron chi connectivity index (χ0n) is 11.8. The molecular formula is C14H24N2O3. The van der Waals surface area contributed by atoms with Gasteiger partial charge in [0.1, 0.15) is 11.1 Å². The summed E-state index contributed by atoms with van der Waals surface area (Å²) in [5.41, 5.74) is 4.89. The molecule has 0 spiro atoms. The first-order chi connectivity index (χ1) is 8.29. The molecule has 0 aliphatic heterocycles. The van der Waals surface area contributed by atoms with Crippen LogP contribution in [-0.4, -0.2) is 23.3 Å². The van der Waals surface area contributed by atoms with Crippen LogP contribution in [-0.2, 0) is 15.1 Å². The number of nitrogens with two attached hydrogens (primary N) is 1. The molecule has 0 bridgehead atoms. The molecule has 0 aliphatic rings. The van der Waals surface area contributed by atoms with Crippen molar-refractivity contribution >= 4 is 5.97 Å². The molecule has 0 saturated heterocycles. The molecule has 0 heterocycles. The van der Waals surface area contributed by atoms with E-state index in [4.69, 9.17) is 15.6 Å². The second-order valence-corrected chi connectivity index (χ2v) is 5.31. The zero-order valence-corrected chi connectivity index (χ0v) is 11.8. The lowest BCUT2D eigenvalue weighted by Crippen LogP contribution is -2.49. The fourth-order valence-corrected chi connectivity index (χ4v) is 1.65. The molecule has 1 aromatic carbocycles. The molecular weight excluding hydrogens is 244 g/mol. The smallest absolute Gasteiger partial charge is 0.331 e. The van der Waals surface area contributed by atoms with Gasteiger partial charge in [-0.05, 0) is 26.3 Å². The largest absolute Gasteiger partial charge is 0.458 e. The SMILES string of the molecule is CC(C)(C)OC(=O)C(N)(CCO)c1ccccc1.N. The van der Waals surface area contributed by atoms with Gasteiger partial charge in [0.2, 0.25) is 0 Å². The molecule has 1 rings (SSSR count). The first-order valence-corrected chi connectivity index (χ1v) is 5.98. The van der Waals surface area contributed by atoms with Gasteiger partial charge < -0.3 is 21.7 Å². The number of benzene rings is 1. The van der Waals surface area contributed by atoms with Crippen LogP contribution >= 0.6 is 0 Å². The Bertz CT molecular complexity index is 401. The van der Waals surface area contributed by atoms with Gasteiger partial charge in [0, 0.05) is 13.0 Å². The molecule has 0 saturated carbocycles. The molecule has 6 N–H and O–H groups in total. The molecule has 0 amide bonds. The molecule has 5 heteroatoms. The van der Waals surface area contributed by atoms with Crippen LogP contribution in [0.5, 0.6) is 0 Å². The minimum Gasteiger partial charge on any atom is -0.458 e. The molecule has 108 valence electrons. The fourth-order valence-electron chi connectivity index (χ4n) is 1.65. The molecule has 0 fully saturated rings. The number of aliphatic hydroxyl groups is 1. The van der Waals surface area contributed by atoms with E-state index in [-0.39, 0.29) is 19.2 Å². The Kier molecular flexibility index (Phi) is 6.15. The second kappa shape index (κ2) is 6.65. The van der Waals surface area contributed by atoms with Crippen LogP contribution in [0.4, 0.5) is 0 Å². The van der Waals surface area contributed by atoms with Gasteiger partial charge in [0.05, 0.1) is 0 Å². The fraction of sp³-hybridized carbons (Fsp3) is 0.500. The van der Waals surface area contributed by atoms with Gasteiger partial charge in [-0.15, -0.1) is 0 Å². The minimum atomic E-state index is -1.30. The first kappa shape index (κ1) is 17.6. The van der Waals surface area contributed by atoms with Gasteiger partial charge in [-0.25, -0.2) is 4.79 Å². The summed E-state index contributed by atoms with van der Waals surface area (Å²) in [5, 5.41) is 9.12. The van der Waals surface area contributed by atoms with Gasteiger partial charge in [0.25, 0.3) is 0 Å². The van der Waals surface area contributed by atoms with Crippen molar-refractivity contribution < 1.29 is 14.6 Å². The maximum atomic E-state index is 12.2. The number of hydrogen-bond donors (Lipinski definition) is 3. The lowest BCUT2D eigenvalue weighted by atomic mass is 9.88. The molecule has 0 aliphatic carbocycles. The predicted molar refractivity (Wildman–Crippen MR) is 74.9 cm³/mol. The van der Waals surface area contributed by atoms with Crippen molar-refractivity contribution in [1.29, 1.82) is 0 Å². The third-order valence-electron chi connectivity index (χ3n) is 2.56. The maximum Gasteiger partial charge on any atom is 0.331 e. The number of aliphatic hydroxyl groups excluding tert-OH is 1. The van der Waals surface area contributed by atoms with E-state index in [0.29, 0.717) is 5.56 Å². The number of carbonyl (C=O) groups is 1. The Morgan fingerprint density at radius 2 is 1.79 bits per heavy atom. The summed E-state index contributed by atoms with van der Waals surface area (Å²) in [5.74, 6) is -0.518. The molecule has 1 aromatic rings. The Labute approximate surface area is 114 Å². The lowest BCUT2D eigenvalue weighted by Gasteiger charge is -2.31. The summed E-state index contributed by atoms with van der Waals surface area (Å²) in [6, 6.07) is 8.98. The van der Waals surface area contributed by atoms with Crippen LogP contribution in [0, 0.1) is 0 Å². The van der Waals surface area contributed by atoms with Gasteiger partial charge >= 0.3 is 5.97 Å². The van der Waals surface area contributed by atoms with E-state index < -0.39 is 17.1 Å². The van der Waals surface area contributed by atoms with Crippen LogP contribution in [0.25, 0.3) is 0 Å². The van der Waals surface area contributed by atoms with Crippen LogP contribution in [0.15, 0.2) is 30.3 Å². The van der Waals surface area contributed by atoms with E-state index in [1.807, 2.05) is 6.07 Å². The van der Waals surface area contributed by atoms with Gasteiger partial charge in [-0.2, -0.15) is 0 Å². The van der Waals surface area contributed by atoms with Crippen LogP contribution in [0.1, 0.15) is 32.8 Å². The molecule has 1 atom stereocenters. The van der Waals surface area contributed by atoms with Crippen molar-refractivity contribution in [2.24, 2.45) is 5.73 Å². The van der Waals surface area contributed by atoms with Crippen molar-refractivity contribution in [2.75, 3.05) is 6.61 Å². The number of carbonyl (C=O) groups excluding carboxylic acids is 1. The van der Waals surface area contributed by atoms with E-state index >= 15 is 0 Å². The van der Waals surface area contributed by atoms with Crippen molar-refractivity contribution in [3.05, 3.63) is 35.9 Å². The standard InChI is InChI=1S/C14H21NO3.H3N/c1-13(2,3)18-12(17)14(15,9-10-16)11-7-5-4-6-8-11;/h4-8,16H,9-10,15H2,1-3H3;1H3. The third-order valence-corrected chi connectivity index (χ3v) is 2.56. The molecule has 19 heavy (non-hydrogen) atoms. The van der Waals surface area contributed by atoms with Crippen molar-refractivity contribution in [2.45, 2.75) is 38.3 Å². The number of ether oxygens (including phenoxy) is 1. The highest BCUT2D eigenvalue weighted by Gasteiger charge is 2.39. The van der Waals surface area contributed by atoms with Crippen molar-refractivity contribution in [1.82, 2.24) is 6.15 Å². The van der Waals surface area contributed by atoms with Crippen molar-refractivity contribution in [3.63, 3.8) is 0 Å². The highest BCUT2D eigenvalue weighted by Crippen LogP contribution is 2.25. The number of rotatable bonds is 4. The Hall–Kier alpha value is -1.43. The van der Waals surface area contributed by atoms with E-state index in [9.17, 15) is 4.79 Å². The second-order valence-electron chi connectivity index (χ2n) is 5.31. The summed E-state index contributed by atoms with van der Waals surface area (Å²) >= 11 is 0. The summed E-state index contributed by atoms with van der Waals surface area (Å²) in [7, 11) is 0. The average molecular weight is 268 g/mol. The number of esters is 1. The van der Waals surface area contributed by atoms with E-state index in [1.54, 1.807) is 45.0 Å². The molecule has 5 nitrogen and oxygen atoms in total. The Balaban J connectivity index is 0.00000324. The summed E-state index contributed by atoms with van der Waals surface area (Å²) in [6.07, 6.45) is 0.131. The normalized spacial score (nSPS) is 14.2. The number of hydrogen-bond acceptors (Lipinski definition) is 5. The first-order valence-electron chi connectivity index (χ1n) is 5.98. The Morgan fingerprint density at radius 1 is 1.26 bits per heavy atom. The summed E-state index contributed by atoms with van der Waals surface area (Å²) < 4.78 is 5.33. The molecule has 0 aromatic heterocycles. The maximum absolute atomic E-state index is 12.2. The monoisotopic (exact) mass is 268 g/mol. The third kappa shape index (κ3) is 4.63. The van der Waals surface area contributed by atoms with Gasteiger partial charge in [-0.3, -0.25) is 0 Å². The van der Waals surface area contributed by atoms with Crippen LogP contribution in [0.2, 0.25) is 0 Å². The van der Waals surface area contributed by atoms with Gasteiger partial charge in [0.15, 0.2) is 0 Å². The molecule has 0 radical (unpaired) electrons. The average Bonchev–Trinajstić information content (AvgIpc) is 2.28. The Morgan fingerprint density at radius 3 is 2.21 bits per heavy atom. The summed E-state index contributed by atoms with van der Waals surface area (Å²) in [4.78, 5) is 12.2. The predicted octanol–water partition coefficient (Wildman–Crippen LogP) is 1.73. The van der Waals surface area contributed by atoms with Gasteiger partial charge in [-0.1, -0.05) is 30.3 Å². The van der Waals surface area contributed by atoms with E-state index in [1.165, 1.54) is 0 Å². The highest BCUT2D eigenvalue weighted by atomic mass is 16.6. The summed E-state index contributed by atoms with van der Waals surface area (Å²) in [6.45, 7) is 5.18. The molecule has 1 unspecified atom stereocenters. The van der Waals surface area contributed by atoms with E-state index in [2.05, 4.69) is 0 Å².